The van der Waals surface area contributed by atoms with Gasteiger partial charge in [-0.1, -0.05) is 55.6 Å². The predicted octanol–water partition coefficient (Wildman–Crippen LogP) is 26.9. The number of halogens is 13. The van der Waals surface area contributed by atoms with Gasteiger partial charge in [-0.3, -0.25) is 29.6 Å². The number of hydrogen-bond acceptors (Lipinski definition) is 10. The van der Waals surface area contributed by atoms with E-state index in [1.165, 1.54) is 29.8 Å². The molecular weight excluding hydrogens is 1700 g/mol. The molecule has 4 atom stereocenters. The lowest BCUT2D eigenvalue weighted by molar-refractivity contribution is 0.0951. The Balaban J connectivity index is 0.000000115. The van der Waals surface area contributed by atoms with Crippen LogP contribution in [0.1, 0.15) is 234 Å². The summed E-state index contributed by atoms with van der Waals surface area (Å²) in [5.74, 6) is -0.898. The smallest absolute Gasteiger partial charge is 0.251 e. The van der Waals surface area contributed by atoms with E-state index in [-0.39, 0.29) is 95.6 Å². The van der Waals surface area contributed by atoms with E-state index in [1.807, 2.05) is 48.7 Å². The van der Waals surface area contributed by atoms with Crippen LogP contribution in [-0.4, -0.2) is 89.7 Å². The molecule has 5 aliphatic rings. The summed E-state index contributed by atoms with van der Waals surface area (Å²) >= 11 is 18.0. The number of H-pyrrole nitrogens is 4. The van der Waals surface area contributed by atoms with Gasteiger partial charge in [-0.25, -0.2) is 63.8 Å². The number of aromatic nitrogens is 12. The van der Waals surface area contributed by atoms with Crippen LogP contribution in [0.3, 0.4) is 0 Å². The van der Waals surface area contributed by atoms with E-state index >= 15 is 0 Å². The number of carbonyl (C=O) groups excluding carboxylic acids is 1. The number of hydrogen-bond donors (Lipinski definition) is 5. The van der Waals surface area contributed by atoms with Gasteiger partial charge in [-0.2, -0.15) is 0 Å². The Morgan fingerprint density at radius 3 is 1.23 bits per heavy atom. The van der Waals surface area contributed by atoms with Crippen LogP contribution in [-0.2, 0) is 0 Å². The van der Waals surface area contributed by atoms with Gasteiger partial charge >= 0.3 is 0 Å². The van der Waals surface area contributed by atoms with Gasteiger partial charge in [0, 0.05) is 87.8 Å². The van der Waals surface area contributed by atoms with Gasteiger partial charge in [0.1, 0.15) is 84.5 Å². The maximum Gasteiger partial charge on any atom is 0.251 e. The van der Waals surface area contributed by atoms with Crippen LogP contribution >= 0.6 is 34.8 Å². The average molecular weight is 1790 g/mol. The minimum atomic E-state index is -1.07. The molecular formula is C99H91Cl3F10N14O. The topological polar surface area (TPSA) is 199 Å². The normalized spacial score (nSPS) is 19.9. The molecule has 0 unspecified atom stereocenters. The second-order valence-corrected chi connectivity index (χ2v) is 36.2. The number of amides is 1. The standard InChI is InChI=1S/C27H28FN5O.3C24H21ClF3N3/c1-16(26-31-24-6-2-18(14-25(24)32-26)27(34)30-20-4-5-20)33-12-9-17(10-13-33)21-8-11-29-23-7-3-19(28)15-22(21)23;1-12(24-30-22-18(25)11-19(27)21(28)23(22)31-24)13-2-4-14(5-3-13)16-8-9-29-20-7-6-15(26)10-17(16)20;1-12(24-30-22-19(28)11-18(27)21(25)23(22)31-24)13-2-4-14(5-3-13)16-8-9-29-20-7-6-15(26)10-17(16)20;1-12(24-30-20-11-18(27)22(28)21(25)23(20)31-24)13-2-4-14(5-3-13)16-8-9-29-19-7-6-15(26)10-17(16)19/h2-3,6-8,11,14-17,20H,4-5,9-10,12-13H2,1H3,(H,30,34)(H,31,32);3*6-14H,2-5H2,1H3,(H,30,31)/t16-;3*12-,13?,14?/m1111/s1. The van der Waals surface area contributed by atoms with Crippen molar-refractivity contribution in [3.05, 3.63) is 283 Å². The Labute approximate surface area is 740 Å². The largest absolute Gasteiger partial charge is 0.349 e. The fourth-order valence-electron chi connectivity index (χ4n) is 20.0. The molecule has 654 valence electrons. The number of piperidine rings is 1. The fourth-order valence-corrected chi connectivity index (χ4v) is 20.6. The molecule has 1 amide bonds. The van der Waals surface area contributed by atoms with E-state index in [2.05, 4.69) is 92.7 Å². The number of fused-ring (bicyclic) bond motifs is 8. The third-order valence-electron chi connectivity index (χ3n) is 27.5. The molecule has 16 aromatic rings. The third kappa shape index (κ3) is 18.0. The van der Waals surface area contributed by atoms with Gasteiger partial charge < -0.3 is 25.3 Å². The summed E-state index contributed by atoms with van der Waals surface area (Å²) in [6, 6.07) is 36.0. The minimum absolute atomic E-state index is 0.0146. The molecule has 0 spiro atoms. The van der Waals surface area contributed by atoms with E-state index < -0.39 is 34.9 Å². The van der Waals surface area contributed by atoms with Crippen LogP contribution in [0.5, 0.6) is 0 Å². The molecule has 8 aromatic carbocycles. The first kappa shape index (κ1) is 86.6. The molecule has 8 aromatic heterocycles. The van der Waals surface area contributed by atoms with Crippen molar-refractivity contribution in [2.45, 2.75) is 184 Å². The Hall–Kier alpha value is -11.1. The highest BCUT2D eigenvalue weighted by Gasteiger charge is 2.36. The number of likely N-dealkylation sites (tertiary alicyclic amines) is 1. The van der Waals surface area contributed by atoms with Crippen molar-refractivity contribution >= 4 is 128 Å². The van der Waals surface area contributed by atoms with Gasteiger partial charge in [0.2, 0.25) is 0 Å². The molecule has 5 N–H and O–H groups in total. The summed E-state index contributed by atoms with van der Waals surface area (Å²) in [7, 11) is 0. The van der Waals surface area contributed by atoms with Crippen molar-refractivity contribution in [2.24, 2.45) is 17.8 Å². The van der Waals surface area contributed by atoms with E-state index in [0.717, 1.165) is 211 Å². The van der Waals surface area contributed by atoms with Crippen LogP contribution in [0.15, 0.2) is 158 Å². The SMILES string of the molecule is C[C@@H](c1nc2c(Cl)c(F)c(F)cc2[nH]1)C1CCC(c2ccnc3ccc(F)cc23)CC1.C[C@@H](c1nc2c(Cl)cc(F)c(F)c2[nH]1)C1CCC(c2ccnc3ccc(F)cc23)CC1.C[C@@H](c1nc2c(F)cc(F)c(Cl)c2[nH]1)C1CCC(c2ccnc3ccc(F)cc23)CC1.C[C@H](c1nc2ccc(C(=O)NC3CC3)cc2[nH]1)N1CCC(c2ccnc3ccc(F)cc23)CC1. The van der Waals surface area contributed by atoms with Gasteiger partial charge in [0.25, 0.3) is 5.91 Å². The van der Waals surface area contributed by atoms with Crippen molar-refractivity contribution in [2.75, 3.05) is 13.1 Å². The molecule has 0 bridgehead atoms. The second kappa shape index (κ2) is 36.6. The van der Waals surface area contributed by atoms with Crippen LogP contribution in [0.25, 0.3) is 87.7 Å². The highest BCUT2D eigenvalue weighted by Crippen LogP contribution is 2.49. The second-order valence-electron chi connectivity index (χ2n) is 35.0. The minimum Gasteiger partial charge on any atom is -0.349 e. The summed E-state index contributed by atoms with van der Waals surface area (Å²) in [5, 5.41) is 6.28. The maximum absolute atomic E-state index is 14.2. The molecule has 28 heteroatoms. The Bertz CT molecular complexity index is 6630. The fraction of sp³-hybridized carbons (Fsp3) is 0.343. The molecule has 1 saturated heterocycles. The lowest BCUT2D eigenvalue weighted by Gasteiger charge is -2.35. The average Bonchev–Trinajstić information content (AvgIpc) is 1.67. The summed E-state index contributed by atoms with van der Waals surface area (Å²) in [6.07, 6.45) is 23.0. The first-order valence-electron chi connectivity index (χ1n) is 43.6. The summed E-state index contributed by atoms with van der Waals surface area (Å²) in [4.78, 5) is 63.0. The van der Waals surface area contributed by atoms with Gasteiger partial charge in [0.05, 0.1) is 55.2 Å². The number of benzene rings is 8. The van der Waals surface area contributed by atoms with Gasteiger partial charge in [0.15, 0.2) is 29.1 Å². The summed E-state index contributed by atoms with van der Waals surface area (Å²) in [6.45, 7) is 10.3. The number of nitrogens with one attached hydrogen (secondary N) is 5. The summed E-state index contributed by atoms with van der Waals surface area (Å²) < 4.78 is 139. The maximum atomic E-state index is 14.2. The zero-order chi connectivity index (χ0) is 88.3. The van der Waals surface area contributed by atoms with Crippen molar-refractivity contribution in [3.63, 3.8) is 0 Å². The number of carbonyl (C=O) groups is 1. The zero-order valence-electron chi connectivity index (χ0n) is 70.0. The van der Waals surface area contributed by atoms with Crippen LogP contribution in [0.4, 0.5) is 43.9 Å². The van der Waals surface area contributed by atoms with Crippen LogP contribution in [0.2, 0.25) is 15.1 Å². The van der Waals surface area contributed by atoms with E-state index in [4.69, 9.17) is 39.8 Å². The number of rotatable bonds is 14. The monoisotopic (exact) mass is 1790 g/mol. The Morgan fingerprint density at radius 2 is 0.772 bits per heavy atom. The third-order valence-corrected chi connectivity index (χ3v) is 28.5. The van der Waals surface area contributed by atoms with Crippen molar-refractivity contribution in [1.82, 2.24) is 70.0 Å². The molecule has 4 aliphatic carbocycles. The van der Waals surface area contributed by atoms with Crippen LogP contribution < -0.4 is 5.32 Å². The highest BCUT2D eigenvalue weighted by molar-refractivity contribution is 6.36. The van der Waals surface area contributed by atoms with E-state index in [1.54, 1.807) is 67.1 Å². The number of pyridine rings is 4. The summed E-state index contributed by atoms with van der Waals surface area (Å²) in [5.41, 5.74) is 11.6. The lowest BCUT2D eigenvalue weighted by Crippen LogP contribution is -2.35. The van der Waals surface area contributed by atoms with Crippen molar-refractivity contribution in [1.29, 1.82) is 0 Å². The zero-order valence-corrected chi connectivity index (χ0v) is 72.3. The van der Waals surface area contributed by atoms with Crippen molar-refractivity contribution in [3.8, 4) is 0 Å². The number of nitrogens with zero attached hydrogens (tertiary/aromatic N) is 9. The van der Waals surface area contributed by atoms with Gasteiger partial charge in [-0.05, 0) is 308 Å². The molecule has 127 heavy (non-hydrogen) atoms. The molecule has 9 heterocycles. The quantitative estimate of drug-likeness (QED) is 0.0397. The first-order chi connectivity index (χ1) is 61.3. The molecule has 15 nitrogen and oxygen atoms in total. The molecule has 21 rings (SSSR count). The molecule has 1 aliphatic heterocycles. The predicted molar refractivity (Wildman–Crippen MR) is 478 cm³/mol. The Morgan fingerprint density at radius 1 is 0.370 bits per heavy atom. The Kier molecular flexibility index (Phi) is 24.9. The number of aromatic amines is 4. The lowest BCUT2D eigenvalue weighted by atomic mass is 9.73. The molecule has 5 fully saturated rings. The van der Waals surface area contributed by atoms with E-state index in [9.17, 15) is 48.7 Å². The van der Waals surface area contributed by atoms with Gasteiger partial charge in [-0.15, -0.1) is 0 Å². The first-order valence-corrected chi connectivity index (χ1v) is 44.8. The van der Waals surface area contributed by atoms with Crippen LogP contribution in [0, 0.1) is 75.9 Å². The molecule has 4 saturated carbocycles. The molecule has 0 radical (unpaired) electrons. The van der Waals surface area contributed by atoms with E-state index in [0.29, 0.717) is 76.0 Å². The highest BCUT2D eigenvalue weighted by atomic mass is 35.5. The van der Waals surface area contributed by atoms with Crippen molar-refractivity contribution < 1.29 is 48.7 Å². The number of imidazole rings is 4.